The van der Waals surface area contributed by atoms with Crippen molar-refractivity contribution in [2.45, 2.75) is 31.6 Å². The molecule has 1 fully saturated rings. The van der Waals surface area contributed by atoms with Crippen LogP contribution in [0.4, 0.5) is 17.1 Å². The second-order valence-electron chi connectivity index (χ2n) is 8.09. The van der Waals surface area contributed by atoms with Crippen LogP contribution < -0.4 is 14.9 Å². The molecule has 3 aromatic carbocycles. The lowest BCUT2D eigenvalue weighted by molar-refractivity contribution is 0.102. The Morgan fingerprint density at radius 1 is 0.844 bits per heavy atom. The molecule has 0 aliphatic carbocycles. The number of anilines is 3. The summed E-state index contributed by atoms with van der Waals surface area (Å²) in [4.78, 5) is 15.2. The zero-order chi connectivity index (χ0) is 22.7. The van der Waals surface area contributed by atoms with Crippen LogP contribution in [0.25, 0.3) is 0 Å². The number of aryl methyl sites for hydroxylation is 2. The van der Waals surface area contributed by atoms with Crippen LogP contribution in [0.3, 0.4) is 0 Å². The van der Waals surface area contributed by atoms with E-state index in [2.05, 4.69) is 21.0 Å². The first kappa shape index (κ1) is 21.9. The minimum absolute atomic E-state index is 0.100. The van der Waals surface area contributed by atoms with E-state index in [1.54, 1.807) is 12.1 Å². The summed E-state index contributed by atoms with van der Waals surface area (Å²) in [5.41, 5.74) is 4.66. The molecule has 1 saturated heterocycles. The topological polar surface area (TPSA) is 78.5 Å². The standard InChI is InChI=1S/C25H27N3O3S/c1-18-7-3-4-8-24(18)27-32(30,31)22-12-9-20(10-13-22)25(29)26-23-14-11-21(17-19(23)2)28-15-5-6-16-28/h3-4,7-14,17,27H,5-6,15-16H2,1-2H3,(H,26,29). The molecule has 7 heteroatoms. The molecular weight excluding hydrogens is 422 g/mol. The van der Waals surface area contributed by atoms with Crippen LogP contribution in [0.1, 0.15) is 34.3 Å². The van der Waals surface area contributed by atoms with Crippen LogP contribution in [0.15, 0.2) is 71.6 Å². The Hall–Kier alpha value is -3.32. The molecule has 0 atom stereocenters. The van der Waals surface area contributed by atoms with Gasteiger partial charge in [0.05, 0.1) is 10.6 Å². The highest BCUT2D eigenvalue weighted by atomic mass is 32.2. The molecule has 1 amide bonds. The largest absolute Gasteiger partial charge is 0.372 e. The lowest BCUT2D eigenvalue weighted by Crippen LogP contribution is -2.18. The van der Waals surface area contributed by atoms with Crippen molar-refractivity contribution in [3.8, 4) is 0 Å². The van der Waals surface area contributed by atoms with E-state index in [9.17, 15) is 13.2 Å². The number of nitrogens with zero attached hydrogens (tertiary/aromatic N) is 1. The molecule has 0 spiro atoms. The van der Waals surface area contributed by atoms with Crippen molar-refractivity contribution in [2.24, 2.45) is 0 Å². The highest BCUT2D eigenvalue weighted by Crippen LogP contribution is 2.26. The number of hydrogen-bond acceptors (Lipinski definition) is 4. The fourth-order valence-corrected chi connectivity index (χ4v) is 4.96. The average molecular weight is 450 g/mol. The van der Waals surface area contributed by atoms with Crippen LogP contribution in [-0.2, 0) is 10.0 Å². The Kier molecular flexibility index (Phi) is 6.19. The Labute approximate surface area is 189 Å². The van der Waals surface area contributed by atoms with E-state index in [0.29, 0.717) is 11.3 Å². The zero-order valence-electron chi connectivity index (χ0n) is 18.3. The fourth-order valence-electron chi connectivity index (χ4n) is 3.83. The number of carbonyl (C=O) groups excluding carboxylic acids is 1. The Balaban J connectivity index is 1.46. The van der Waals surface area contributed by atoms with Gasteiger partial charge in [-0.25, -0.2) is 8.42 Å². The molecule has 1 aliphatic rings. The average Bonchev–Trinajstić information content (AvgIpc) is 3.32. The van der Waals surface area contributed by atoms with E-state index in [1.807, 2.05) is 38.1 Å². The lowest BCUT2D eigenvalue weighted by Gasteiger charge is -2.19. The molecule has 1 heterocycles. The maximum atomic E-state index is 12.7. The van der Waals surface area contributed by atoms with Crippen LogP contribution >= 0.6 is 0 Å². The van der Waals surface area contributed by atoms with Crippen LogP contribution in [0.2, 0.25) is 0 Å². The van der Waals surface area contributed by atoms with E-state index in [4.69, 9.17) is 0 Å². The first-order valence-electron chi connectivity index (χ1n) is 10.7. The first-order valence-corrected chi connectivity index (χ1v) is 12.2. The van der Waals surface area contributed by atoms with E-state index in [0.717, 1.165) is 29.9 Å². The molecule has 0 unspecified atom stereocenters. The molecule has 2 N–H and O–H groups in total. The highest BCUT2D eigenvalue weighted by molar-refractivity contribution is 7.92. The van der Waals surface area contributed by atoms with E-state index in [1.165, 1.54) is 42.8 Å². The Bertz CT molecular complexity index is 1230. The number of para-hydroxylation sites is 1. The predicted molar refractivity (Wildman–Crippen MR) is 129 cm³/mol. The summed E-state index contributed by atoms with van der Waals surface area (Å²) >= 11 is 0. The summed E-state index contributed by atoms with van der Waals surface area (Å²) in [6, 6.07) is 19.2. The summed E-state index contributed by atoms with van der Waals surface area (Å²) in [5, 5.41) is 2.93. The van der Waals surface area contributed by atoms with Gasteiger partial charge in [-0.2, -0.15) is 0 Å². The SMILES string of the molecule is Cc1cc(N2CCCC2)ccc1NC(=O)c1ccc(S(=O)(=O)Nc2ccccc2C)cc1. The molecule has 6 nitrogen and oxygen atoms in total. The number of benzene rings is 3. The van der Waals surface area contributed by atoms with Gasteiger partial charge in [-0.3, -0.25) is 9.52 Å². The quantitative estimate of drug-likeness (QED) is 0.558. The zero-order valence-corrected chi connectivity index (χ0v) is 19.1. The maximum Gasteiger partial charge on any atom is 0.261 e. The van der Waals surface area contributed by atoms with Crippen molar-refractivity contribution in [1.82, 2.24) is 0 Å². The number of sulfonamides is 1. The van der Waals surface area contributed by atoms with Crippen molar-refractivity contribution in [3.63, 3.8) is 0 Å². The van der Waals surface area contributed by atoms with Gasteiger partial charge in [0, 0.05) is 30.0 Å². The molecule has 32 heavy (non-hydrogen) atoms. The third-order valence-corrected chi connectivity index (χ3v) is 7.13. The molecule has 0 radical (unpaired) electrons. The second-order valence-corrected chi connectivity index (χ2v) is 9.77. The normalized spacial score (nSPS) is 13.8. The third-order valence-electron chi connectivity index (χ3n) is 5.75. The van der Waals surface area contributed by atoms with Gasteiger partial charge >= 0.3 is 0 Å². The van der Waals surface area contributed by atoms with Gasteiger partial charge in [-0.05, 0) is 86.3 Å². The third kappa shape index (κ3) is 4.78. The number of carbonyl (C=O) groups is 1. The van der Waals surface area contributed by atoms with Crippen molar-refractivity contribution in [3.05, 3.63) is 83.4 Å². The molecule has 4 rings (SSSR count). The Morgan fingerprint density at radius 3 is 2.19 bits per heavy atom. The number of hydrogen-bond donors (Lipinski definition) is 2. The highest BCUT2D eigenvalue weighted by Gasteiger charge is 2.17. The lowest BCUT2D eigenvalue weighted by atomic mass is 10.1. The van der Waals surface area contributed by atoms with Gasteiger partial charge in [0.1, 0.15) is 0 Å². The van der Waals surface area contributed by atoms with Crippen molar-refractivity contribution < 1.29 is 13.2 Å². The molecule has 0 aromatic heterocycles. The predicted octanol–water partition coefficient (Wildman–Crippen LogP) is 4.96. The molecule has 1 aliphatic heterocycles. The van der Waals surface area contributed by atoms with Crippen molar-refractivity contribution in [1.29, 1.82) is 0 Å². The van der Waals surface area contributed by atoms with E-state index < -0.39 is 10.0 Å². The summed E-state index contributed by atoms with van der Waals surface area (Å²) < 4.78 is 28.0. The smallest absolute Gasteiger partial charge is 0.261 e. The molecule has 166 valence electrons. The monoisotopic (exact) mass is 449 g/mol. The summed E-state index contributed by atoms with van der Waals surface area (Å²) in [5.74, 6) is -0.280. The summed E-state index contributed by atoms with van der Waals surface area (Å²) in [6.07, 6.45) is 2.42. The molecule has 0 saturated carbocycles. The second kappa shape index (κ2) is 9.04. The fraction of sp³-hybridized carbons (Fsp3) is 0.240. The van der Waals surface area contributed by atoms with Gasteiger partial charge in [0.2, 0.25) is 0 Å². The minimum atomic E-state index is -3.74. The number of amides is 1. The van der Waals surface area contributed by atoms with Crippen molar-refractivity contribution >= 4 is 33.0 Å². The van der Waals surface area contributed by atoms with Crippen LogP contribution in [-0.4, -0.2) is 27.4 Å². The van der Waals surface area contributed by atoms with Crippen molar-refractivity contribution in [2.75, 3.05) is 28.0 Å². The molecule has 0 bridgehead atoms. The van der Waals surface area contributed by atoms with E-state index >= 15 is 0 Å². The van der Waals surface area contributed by atoms with Gasteiger partial charge in [-0.15, -0.1) is 0 Å². The van der Waals surface area contributed by atoms with Crippen LogP contribution in [0.5, 0.6) is 0 Å². The minimum Gasteiger partial charge on any atom is -0.372 e. The Morgan fingerprint density at radius 2 is 1.53 bits per heavy atom. The van der Waals surface area contributed by atoms with Crippen LogP contribution in [0, 0.1) is 13.8 Å². The van der Waals surface area contributed by atoms with Gasteiger partial charge < -0.3 is 10.2 Å². The molecular formula is C25H27N3O3S. The summed E-state index contributed by atoms with van der Waals surface area (Å²) in [7, 11) is -3.74. The number of rotatable bonds is 6. The van der Waals surface area contributed by atoms with E-state index in [-0.39, 0.29) is 10.8 Å². The first-order chi connectivity index (χ1) is 15.3. The summed E-state index contributed by atoms with van der Waals surface area (Å²) in [6.45, 7) is 5.95. The van der Waals surface area contributed by atoms with Gasteiger partial charge in [0.15, 0.2) is 0 Å². The molecule has 3 aromatic rings. The maximum absolute atomic E-state index is 12.7. The van der Waals surface area contributed by atoms with Gasteiger partial charge in [0.25, 0.3) is 15.9 Å². The number of nitrogens with one attached hydrogen (secondary N) is 2. The van der Waals surface area contributed by atoms with Gasteiger partial charge in [-0.1, -0.05) is 18.2 Å².